The predicted octanol–water partition coefficient (Wildman–Crippen LogP) is 5.44. The van der Waals surface area contributed by atoms with Gasteiger partial charge in [0, 0.05) is 12.7 Å². The molecule has 7 nitrogen and oxygen atoms in total. The molecule has 0 N–H and O–H groups in total. The Labute approximate surface area is 185 Å². The zero-order chi connectivity index (χ0) is 20.9. The zero-order valence-corrected chi connectivity index (χ0v) is 18.4. The number of benzene rings is 2. The van der Waals surface area contributed by atoms with Crippen molar-refractivity contribution in [1.82, 2.24) is 19.7 Å². The Balaban J connectivity index is 1.55. The molecule has 0 aliphatic rings. The van der Waals surface area contributed by atoms with Gasteiger partial charge in [0.2, 0.25) is 5.82 Å². The highest BCUT2D eigenvalue weighted by Gasteiger charge is 2.27. The number of nitro groups is 1. The van der Waals surface area contributed by atoms with Gasteiger partial charge in [-0.25, -0.2) is 0 Å². The summed E-state index contributed by atoms with van der Waals surface area (Å²) in [6.45, 7) is 2.28. The Hall–Kier alpha value is -2.69. The molecule has 0 aliphatic carbocycles. The van der Waals surface area contributed by atoms with Gasteiger partial charge < -0.3 is 10.1 Å². The van der Waals surface area contributed by atoms with Crippen molar-refractivity contribution in [3.05, 3.63) is 87.7 Å². The second-order valence-corrected chi connectivity index (χ2v) is 9.76. The van der Waals surface area contributed by atoms with Gasteiger partial charge >= 0.3 is 5.82 Å². The molecule has 0 amide bonds. The fourth-order valence-corrected chi connectivity index (χ4v) is 5.91. The zero-order valence-electron chi connectivity index (χ0n) is 16.0. The van der Waals surface area contributed by atoms with Gasteiger partial charge in [-0.15, -0.1) is 10.2 Å². The molecule has 4 rings (SSSR count). The van der Waals surface area contributed by atoms with Crippen molar-refractivity contribution in [2.45, 2.75) is 32.9 Å². The molecule has 2 aromatic carbocycles. The number of aryl methyl sites for hydroxylation is 1. The monoisotopic (exact) mass is 455 g/mol. The maximum Gasteiger partial charge on any atom is 0.396 e. The topological polar surface area (TPSA) is 86.7 Å². The SMILES string of the molecule is Cc1nc([N+](=O)[O-])c(Sc2nnc(SCc3ccccc3)s2)n1Cc1ccccc1. The molecule has 4 aromatic rings. The van der Waals surface area contributed by atoms with Crippen LogP contribution in [0.1, 0.15) is 17.0 Å². The summed E-state index contributed by atoms with van der Waals surface area (Å²) in [5.41, 5.74) is 2.25. The normalized spacial score (nSPS) is 11.0. The number of nitrogens with zero attached hydrogens (tertiary/aromatic N) is 5. The standard InChI is InChI=1S/C20H17N5O2S3/c1-14-21-17(25(26)27)18(24(14)12-15-8-4-2-5-9-15)29-20-23-22-19(30-20)28-13-16-10-6-3-7-11-16/h2-11H,12-13H2,1H3. The molecule has 0 saturated carbocycles. The molecular formula is C20H17N5O2S3. The summed E-state index contributed by atoms with van der Waals surface area (Å²) < 4.78 is 3.34. The second kappa shape index (κ2) is 9.41. The van der Waals surface area contributed by atoms with Crippen LogP contribution in [0.15, 0.2) is 74.4 Å². The number of rotatable bonds is 8. The first-order chi connectivity index (χ1) is 14.6. The Bertz CT molecular complexity index is 1150. The van der Waals surface area contributed by atoms with Gasteiger partial charge in [-0.3, -0.25) is 4.57 Å². The summed E-state index contributed by atoms with van der Waals surface area (Å²) in [5, 5.41) is 20.5. The Morgan fingerprint density at radius 2 is 1.63 bits per heavy atom. The Morgan fingerprint density at radius 1 is 1.00 bits per heavy atom. The lowest BCUT2D eigenvalue weighted by Gasteiger charge is -2.07. The van der Waals surface area contributed by atoms with Crippen LogP contribution in [0.3, 0.4) is 0 Å². The number of imidazole rings is 1. The molecule has 152 valence electrons. The number of hydrogen-bond donors (Lipinski definition) is 0. The van der Waals surface area contributed by atoms with Crippen molar-refractivity contribution in [2.75, 3.05) is 0 Å². The second-order valence-electron chi connectivity index (χ2n) is 6.33. The van der Waals surface area contributed by atoms with Crippen molar-refractivity contribution in [3.63, 3.8) is 0 Å². The third kappa shape index (κ3) is 4.89. The van der Waals surface area contributed by atoms with Crippen molar-refractivity contribution in [3.8, 4) is 0 Å². The van der Waals surface area contributed by atoms with Crippen LogP contribution in [0.4, 0.5) is 5.82 Å². The highest BCUT2D eigenvalue weighted by molar-refractivity contribution is 8.03. The minimum Gasteiger partial charge on any atom is -0.358 e. The van der Waals surface area contributed by atoms with E-state index < -0.39 is 4.92 Å². The fraction of sp³-hybridized carbons (Fsp3) is 0.150. The van der Waals surface area contributed by atoms with E-state index in [1.807, 2.05) is 53.1 Å². The quantitative estimate of drug-likeness (QED) is 0.198. The van der Waals surface area contributed by atoms with E-state index in [1.54, 1.807) is 18.7 Å². The summed E-state index contributed by atoms with van der Waals surface area (Å²) in [5.74, 6) is 1.24. The van der Waals surface area contributed by atoms with E-state index in [1.165, 1.54) is 28.7 Å². The van der Waals surface area contributed by atoms with Crippen molar-refractivity contribution in [1.29, 1.82) is 0 Å². The Morgan fingerprint density at radius 3 is 2.30 bits per heavy atom. The highest BCUT2D eigenvalue weighted by atomic mass is 32.2. The average Bonchev–Trinajstić information content (AvgIpc) is 3.33. The lowest BCUT2D eigenvalue weighted by molar-refractivity contribution is -0.392. The van der Waals surface area contributed by atoms with Gasteiger partial charge in [-0.2, -0.15) is 0 Å². The smallest absolute Gasteiger partial charge is 0.358 e. The van der Waals surface area contributed by atoms with Gasteiger partial charge in [0.25, 0.3) is 0 Å². The summed E-state index contributed by atoms with van der Waals surface area (Å²) in [7, 11) is 0. The van der Waals surface area contributed by atoms with Crippen LogP contribution >= 0.6 is 34.9 Å². The molecule has 0 unspecified atom stereocenters. The highest BCUT2D eigenvalue weighted by Crippen LogP contribution is 2.39. The molecule has 10 heteroatoms. The number of aromatic nitrogens is 4. The van der Waals surface area contributed by atoms with Crippen LogP contribution < -0.4 is 0 Å². The molecule has 0 atom stereocenters. The van der Waals surface area contributed by atoms with Crippen LogP contribution in [0.25, 0.3) is 0 Å². The van der Waals surface area contributed by atoms with Crippen LogP contribution in [-0.4, -0.2) is 24.7 Å². The molecule has 2 aromatic heterocycles. The molecule has 0 fully saturated rings. The first-order valence-corrected chi connectivity index (χ1v) is 11.7. The molecular weight excluding hydrogens is 438 g/mol. The Kier molecular flexibility index (Phi) is 6.46. The number of hydrogen-bond acceptors (Lipinski definition) is 8. The van der Waals surface area contributed by atoms with E-state index in [0.717, 1.165) is 15.7 Å². The fourth-order valence-electron chi connectivity index (χ4n) is 2.80. The van der Waals surface area contributed by atoms with Crippen molar-refractivity contribution < 1.29 is 4.92 Å². The lowest BCUT2D eigenvalue weighted by Crippen LogP contribution is -2.03. The molecule has 2 heterocycles. The van der Waals surface area contributed by atoms with E-state index in [0.29, 0.717) is 21.7 Å². The van der Waals surface area contributed by atoms with E-state index in [2.05, 4.69) is 27.3 Å². The van der Waals surface area contributed by atoms with E-state index in [4.69, 9.17) is 0 Å². The third-order valence-corrected chi connectivity index (χ3v) is 7.50. The van der Waals surface area contributed by atoms with Gasteiger partial charge in [0.1, 0.15) is 0 Å². The first kappa shape index (κ1) is 20.6. The van der Waals surface area contributed by atoms with Gasteiger partial charge in [-0.1, -0.05) is 83.8 Å². The first-order valence-electron chi connectivity index (χ1n) is 9.03. The van der Waals surface area contributed by atoms with Gasteiger partial charge in [0.15, 0.2) is 13.7 Å². The van der Waals surface area contributed by atoms with Gasteiger partial charge in [0.05, 0.1) is 6.54 Å². The molecule has 0 spiro atoms. The molecule has 30 heavy (non-hydrogen) atoms. The molecule has 0 saturated heterocycles. The predicted molar refractivity (Wildman–Crippen MR) is 119 cm³/mol. The average molecular weight is 456 g/mol. The maximum absolute atomic E-state index is 11.6. The van der Waals surface area contributed by atoms with Crippen molar-refractivity contribution in [2.24, 2.45) is 0 Å². The minimum absolute atomic E-state index is 0.151. The maximum atomic E-state index is 11.6. The van der Waals surface area contributed by atoms with E-state index in [-0.39, 0.29) is 5.82 Å². The van der Waals surface area contributed by atoms with Crippen molar-refractivity contribution >= 4 is 40.7 Å². The van der Waals surface area contributed by atoms with E-state index >= 15 is 0 Å². The largest absolute Gasteiger partial charge is 0.396 e. The summed E-state index contributed by atoms with van der Waals surface area (Å²) >= 11 is 4.28. The minimum atomic E-state index is -0.442. The van der Waals surface area contributed by atoms with Crippen LogP contribution in [-0.2, 0) is 12.3 Å². The van der Waals surface area contributed by atoms with Gasteiger partial charge in [-0.05, 0) is 32.8 Å². The van der Waals surface area contributed by atoms with E-state index in [9.17, 15) is 10.1 Å². The molecule has 0 aliphatic heterocycles. The summed E-state index contributed by atoms with van der Waals surface area (Å²) in [6, 6.07) is 20.0. The summed E-state index contributed by atoms with van der Waals surface area (Å²) in [6.07, 6.45) is 0. The molecule has 0 bridgehead atoms. The number of thioether (sulfide) groups is 1. The lowest BCUT2D eigenvalue weighted by atomic mass is 10.2. The van der Waals surface area contributed by atoms with Crippen LogP contribution in [0, 0.1) is 17.0 Å². The van der Waals surface area contributed by atoms with Crippen LogP contribution in [0.2, 0.25) is 0 Å². The van der Waals surface area contributed by atoms with Crippen LogP contribution in [0.5, 0.6) is 0 Å². The third-order valence-electron chi connectivity index (χ3n) is 4.23. The molecule has 0 radical (unpaired) electrons. The summed E-state index contributed by atoms with van der Waals surface area (Å²) in [4.78, 5) is 15.3.